The van der Waals surface area contributed by atoms with Crippen molar-refractivity contribution in [2.24, 2.45) is 0 Å². The van der Waals surface area contributed by atoms with Gasteiger partial charge in [-0.05, 0) is 109 Å². The van der Waals surface area contributed by atoms with Gasteiger partial charge in [0, 0.05) is 65.2 Å². The van der Waals surface area contributed by atoms with Gasteiger partial charge in [-0.1, -0.05) is 109 Å². The number of fused-ring (bicyclic) bond motifs is 20. The summed E-state index contributed by atoms with van der Waals surface area (Å²) in [5.41, 5.74) is 15.0. The Hall–Kier alpha value is -10.8. The monoisotopic (exact) mass is 968 g/mol. The molecule has 0 aliphatic carbocycles. The van der Waals surface area contributed by atoms with Gasteiger partial charge in [-0.3, -0.25) is 0 Å². The molecule has 8 heteroatoms. The number of para-hydroxylation sites is 6. The molecule has 0 saturated carbocycles. The molecule has 0 bridgehead atoms. The maximum atomic E-state index is 11.5. The second-order valence-corrected chi connectivity index (χ2v) is 19.8. The van der Waals surface area contributed by atoms with Crippen molar-refractivity contribution in [2.45, 2.75) is 0 Å². The smallest absolute Gasteiger partial charge is 0.145 e. The predicted molar refractivity (Wildman–Crippen MR) is 308 cm³/mol. The summed E-state index contributed by atoms with van der Waals surface area (Å²) < 4.78 is 22.6. The van der Waals surface area contributed by atoms with Crippen molar-refractivity contribution < 1.29 is 8.83 Å². The largest absolute Gasteiger partial charge is 0.455 e. The van der Waals surface area contributed by atoms with E-state index in [1.54, 1.807) is 0 Å². The quantitative estimate of drug-likeness (QED) is 0.176. The van der Waals surface area contributed by atoms with Crippen LogP contribution in [-0.2, 0) is 0 Å². The molecule has 0 spiro atoms. The number of hydrogen-bond donors (Lipinski definition) is 0. The summed E-state index contributed by atoms with van der Waals surface area (Å²) in [6.07, 6.45) is 0. The highest BCUT2D eigenvalue weighted by molar-refractivity contribution is 6.26. The van der Waals surface area contributed by atoms with Gasteiger partial charge in [0.2, 0.25) is 0 Å². The summed E-state index contributed by atoms with van der Waals surface area (Å²) in [6, 6.07) is 81.0. The molecule has 17 rings (SSSR count). The molecular weight excluding hydrogens is 933 g/mol. The van der Waals surface area contributed by atoms with Crippen LogP contribution in [0.15, 0.2) is 227 Å². The minimum atomic E-state index is 0.408. The SMILES string of the molecule is N#Cc1cc(-n2c3ccc(-n4c5ccccc5c5ccccc54)cc3c3c4oc5ccccc5c4ccc32)c(C#N)cc1-n1c2ccc(-n3c4ccccc4c4ccccc43)cc2c2c3oc4ccccc4c3ccc21. The van der Waals surface area contributed by atoms with Crippen LogP contribution in [0.3, 0.4) is 0 Å². The van der Waals surface area contributed by atoms with E-state index in [0.717, 1.165) is 121 Å². The molecule has 0 amide bonds. The molecule has 350 valence electrons. The molecule has 6 heterocycles. The van der Waals surface area contributed by atoms with Crippen LogP contribution in [0.25, 0.3) is 154 Å². The van der Waals surface area contributed by atoms with E-state index in [2.05, 4.69) is 200 Å². The molecule has 17 aromatic rings. The topological polar surface area (TPSA) is 93.6 Å². The normalized spacial score (nSPS) is 12.2. The van der Waals surface area contributed by atoms with Crippen LogP contribution in [-0.4, -0.2) is 18.3 Å². The van der Waals surface area contributed by atoms with Crippen LogP contribution in [0.5, 0.6) is 0 Å². The van der Waals surface area contributed by atoms with Gasteiger partial charge in [0.1, 0.15) is 34.5 Å². The second kappa shape index (κ2) is 14.9. The number of nitriles is 2. The van der Waals surface area contributed by atoms with Crippen LogP contribution in [0.4, 0.5) is 0 Å². The Bertz CT molecular complexity index is 5070. The van der Waals surface area contributed by atoms with Crippen LogP contribution >= 0.6 is 0 Å². The first-order chi connectivity index (χ1) is 37.6. The lowest BCUT2D eigenvalue weighted by atomic mass is 10.1. The molecule has 8 nitrogen and oxygen atoms in total. The molecule has 0 radical (unpaired) electrons. The van der Waals surface area contributed by atoms with Gasteiger partial charge in [0.15, 0.2) is 0 Å². The van der Waals surface area contributed by atoms with E-state index in [4.69, 9.17) is 8.83 Å². The lowest BCUT2D eigenvalue weighted by molar-refractivity contribution is 0.672. The summed E-state index contributed by atoms with van der Waals surface area (Å²) in [7, 11) is 0. The Morgan fingerprint density at radius 1 is 0.276 bits per heavy atom. The Balaban J connectivity index is 0.941. The average molecular weight is 969 g/mol. The highest BCUT2D eigenvalue weighted by Gasteiger charge is 2.26. The summed E-state index contributed by atoms with van der Waals surface area (Å²) in [5.74, 6) is 0. The van der Waals surface area contributed by atoms with E-state index in [9.17, 15) is 10.5 Å². The van der Waals surface area contributed by atoms with Crippen molar-refractivity contribution >= 4 is 131 Å². The van der Waals surface area contributed by atoms with E-state index in [0.29, 0.717) is 22.5 Å². The van der Waals surface area contributed by atoms with Crippen molar-refractivity contribution in [3.8, 4) is 34.9 Å². The average Bonchev–Trinajstić information content (AvgIpc) is 4.38. The van der Waals surface area contributed by atoms with Crippen molar-refractivity contribution in [3.05, 3.63) is 230 Å². The van der Waals surface area contributed by atoms with Gasteiger partial charge >= 0.3 is 0 Å². The van der Waals surface area contributed by atoms with E-state index in [1.807, 2.05) is 48.5 Å². The molecule has 0 unspecified atom stereocenters. The number of aromatic nitrogens is 4. The van der Waals surface area contributed by atoms with Gasteiger partial charge in [-0.15, -0.1) is 0 Å². The van der Waals surface area contributed by atoms with Crippen LogP contribution in [0, 0.1) is 22.7 Å². The van der Waals surface area contributed by atoms with Gasteiger partial charge in [0.25, 0.3) is 0 Å². The highest BCUT2D eigenvalue weighted by atomic mass is 16.3. The molecule has 0 N–H and O–H groups in total. The fourth-order valence-electron chi connectivity index (χ4n) is 12.9. The first-order valence-corrected chi connectivity index (χ1v) is 25.4. The zero-order valence-corrected chi connectivity index (χ0v) is 40.3. The van der Waals surface area contributed by atoms with Gasteiger partial charge < -0.3 is 27.1 Å². The Kier molecular flexibility index (Phi) is 7.99. The summed E-state index contributed by atoms with van der Waals surface area (Å²) >= 11 is 0. The third-order valence-corrected chi connectivity index (χ3v) is 16.0. The lowest BCUT2D eigenvalue weighted by Crippen LogP contribution is -2.04. The number of rotatable bonds is 4. The van der Waals surface area contributed by atoms with Crippen LogP contribution < -0.4 is 0 Å². The minimum Gasteiger partial charge on any atom is -0.455 e. The molecule has 11 aromatic carbocycles. The first kappa shape index (κ1) is 40.8. The molecule has 0 aliphatic rings. The number of furan rings is 2. The van der Waals surface area contributed by atoms with E-state index in [-0.39, 0.29) is 0 Å². The van der Waals surface area contributed by atoms with E-state index in [1.165, 1.54) is 21.5 Å². The minimum absolute atomic E-state index is 0.408. The number of benzene rings is 11. The zero-order chi connectivity index (χ0) is 49.9. The summed E-state index contributed by atoms with van der Waals surface area (Å²) in [5, 5.41) is 35.5. The maximum Gasteiger partial charge on any atom is 0.145 e. The standard InChI is InChI=1S/C68H36N6O2/c69-37-39-34-62(74-58-30-26-42(72-55-21-9-3-15-45(55)46-16-4-10-22-56(46)72)36-52(58)66-60(74)32-28-50-48-18-6-12-24-64(48)76-68(50)66)40(38-70)33-61(39)73-57-29-25-41(71-53-19-7-1-13-43(53)44-14-2-8-20-54(44)71)35-51(57)65-59(73)31-27-49-47-17-5-11-23-63(47)75-67(49)65/h1-36H. The van der Waals surface area contributed by atoms with Gasteiger partial charge in [-0.2, -0.15) is 10.5 Å². The zero-order valence-electron chi connectivity index (χ0n) is 40.3. The van der Waals surface area contributed by atoms with E-state index >= 15 is 0 Å². The van der Waals surface area contributed by atoms with Crippen molar-refractivity contribution in [2.75, 3.05) is 0 Å². The Labute approximate surface area is 431 Å². The van der Waals surface area contributed by atoms with Crippen molar-refractivity contribution in [1.29, 1.82) is 10.5 Å². The summed E-state index contributed by atoms with van der Waals surface area (Å²) in [4.78, 5) is 0. The number of nitrogens with zero attached hydrogens (tertiary/aromatic N) is 6. The van der Waals surface area contributed by atoms with Gasteiger partial charge in [0.05, 0.1) is 77.4 Å². The molecule has 76 heavy (non-hydrogen) atoms. The van der Waals surface area contributed by atoms with E-state index < -0.39 is 0 Å². The first-order valence-electron chi connectivity index (χ1n) is 25.4. The fraction of sp³-hybridized carbons (Fsp3) is 0. The van der Waals surface area contributed by atoms with Crippen LogP contribution in [0.1, 0.15) is 11.1 Å². The molecule has 0 aliphatic heterocycles. The van der Waals surface area contributed by atoms with Crippen LogP contribution in [0.2, 0.25) is 0 Å². The predicted octanol–water partition coefficient (Wildman–Crippen LogP) is 17.6. The molecular formula is C68H36N6O2. The van der Waals surface area contributed by atoms with Crippen molar-refractivity contribution in [1.82, 2.24) is 18.3 Å². The Morgan fingerprint density at radius 3 is 0.987 bits per heavy atom. The third-order valence-electron chi connectivity index (χ3n) is 16.0. The van der Waals surface area contributed by atoms with Gasteiger partial charge in [-0.25, -0.2) is 0 Å². The Morgan fingerprint density at radius 2 is 0.605 bits per heavy atom. The second-order valence-electron chi connectivity index (χ2n) is 19.8. The number of hydrogen-bond acceptors (Lipinski definition) is 4. The lowest BCUT2D eigenvalue weighted by Gasteiger charge is -2.16. The molecule has 6 aromatic heterocycles. The highest BCUT2D eigenvalue weighted by Crippen LogP contribution is 2.46. The molecule has 0 saturated heterocycles. The maximum absolute atomic E-state index is 11.5. The fourth-order valence-corrected chi connectivity index (χ4v) is 12.9. The third kappa shape index (κ3) is 5.28. The molecule has 0 fully saturated rings. The molecule has 0 atom stereocenters. The van der Waals surface area contributed by atoms with Crippen molar-refractivity contribution in [3.63, 3.8) is 0 Å². The summed E-state index contributed by atoms with van der Waals surface area (Å²) in [6.45, 7) is 0.